The lowest BCUT2D eigenvalue weighted by atomic mass is 9.91. The summed E-state index contributed by atoms with van der Waals surface area (Å²) in [5, 5.41) is 5.48. The molecule has 0 fully saturated rings. The number of halogens is 1. The molecule has 0 aromatic heterocycles. The van der Waals surface area contributed by atoms with E-state index in [1.807, 2.05) is 39.8 Å². The molecule has 1 atom stereocenters. The van der Waals surface area contributed by atoms with Gasteiger partial charge in [0.2, 0.25) is 0 Å². The van der Waals surface area contributed by atoms with Gasteiger partial charge in [0.15, 0.2) is 0 Å². The lowest BCUT2D eigenvalue weighted by molar-refractivity contribution is -0.121. The number of fused-ring (bicyclic) bond motifs is 1. The smallest absolute Gasteiger partial charge is 0.325 e. The topological polar surface area (TPSA) is 106 Å². The number of rotatable bonds is 12. The Labute approximate surface area is 253 Å². The Kier molecular flexibility index (Phi) is 9.56. The molecule has 0 saturated heterocycles. The molecule has 0 saturated carbocycles. The Morgan fingerprint density at radius 2 is 1.77 bits per heavy atom. The third-order valence-electron chi connectivity index (χ3n) is 7.44. The van der Waals surface area contributed by atoms with Crippen LogP contribution in [0.3, 0.4) is 0 Å². The van der Waals surface area contributed by atoms with Crippen molar-refractivity contribution in [1.29, 1.82) is 0 Å². The van der Waals surface area contributed by atoms with Crippen LogP contribution in [0, 0.1) is 12.7 Å². The normalized spacial score (nSPS) is 15.0. The van der Waals surface area contributed by atoms with Crippen molar-refractivity contribution in [2.45, 2.75) is 65.0 Å². The van der Waals surface area contributed by atoms with Crippen LogP contribution in [0.5, 0.6) is 17.2 Å². The van der Waals surface area contributed by atoms with E-state index in [2.05, 4.69) is 10.6 Å². The summed E-state index contributed by atoms with van der Waals surface area (Å²) in [6, 6.07) is 12.9. The van der Waals surface area contributed by atoms with E-state index in [1.54, 1.807) is 37.1 Å². The number of aryl methyl sites for hydroxylation is 1. The average molecular weight is 614 g/mol. The summed E-state index contributed by atoms with van der Waals surface area (Å²) in [5.74, 6) is 0.296. The van der Waals surface area contributed by atoms with E-state index in [9.17, 15) is 17.6 Å². The standard InChI is InChI=1S/C32H40FN3O6S/c1-8-16-34-29(9-2)43(38,39)42-22-12-13-24(28(18-22)40-7)23-14-15-26-30(36(6)31(37)32(4,5)35-26)25(23)19-41-27-17-21(33)11-10-20(27)3/h10-15,17-18,29,34-35H,8-9,16,19H2,1-7H3. The van der Waals surface area contributed by atoms with Crippen LogP contribution in [0.4, 0.5) is 15.8 Å². The highest BCUT2D eigenvalue weighted by molar-refractivity contribution is 7.87. The number of benzene rings is 3. The molecule has 43 heavy (non-hydrogen) atoms. The Morgan fingerprint density at radius 3 is 2.44 bits per heavy atom. The molecule has 0 aliphatic carbocycles. The number of likely N-dealkylation sites (N-methyl/N-ethyl adjacent to an activating group) is 1. The summed E-state index contributed by atoms with van der Waals surface area (Å²) in [4.78, 5) is 14.9. The Hall–Kier alpha value is -3.83. The van der Waals surface area contributed by atoms with Gasteiger partial charge in [-0.25, -0.2) is 4.39 Å². The second kappa shape index (κ2) is 12.8. The maximum atomic E-state index is 14.1. The van der Waals surface area contributed by atoms with Gasteiger partial charge >= 0.3 is 10.1 Å². The van der Waals surface area contributed by atoms with Crippen molar-refractivity contribution in [3.8, 4) is 28.4 Å². The van der Waals surface area contributed by atoms with Gasteiger partial charge in [0, 0.05) is 30.3 Å². The van der Waals surface area contributed by atoms with Gasteiger partial charge in [-0.1, -0.05) is 26.0 Å². The first-order valence-corrected chi connectivity index (χ1v) is 15.8. The summed E-state index contributed by atoms with van der Waals surface area (Å²) in [6.07, 6.45) is 1.13. The molecule has 2 N–H and O–H groups in total. The van der Waals surface area contributed by atoms with Crippen LogP contribution in [-0.4, -0.2) is 45.9 Å². The fourth-order valence-corrected chi connectivity index (χ4v) is 6.42. The lowest BCUT2D eigenvalue weighted by Gasteiger charge is -2.39. The molecule has 1 amide bonds. The lowest BCUT2D eigenvalue weighted by Crippen LogP contribution is -2.52. The highest BCUT2D eigenvalue weighted by Gasteiger charge is 2.39. The number of ether oxygens (including phenoxy) is 2. The number of hydrogen-bond donors (Lipinski definition) is 2. The second-order valence-electron chi connectivity index (χ2n) is 11.1. The van der Waals surface area contributed by atoms with Gasteiger partial charge in [-0.05, 0) is 75.5 Å². The highest BCUT2D eigenvalue weighted by atomic mass is 32.2. The van der Waals surface area contributed by atoms with Crippen LogP contribution in [0.1, 0.15) is 51.7 Å². The molecule has 11 heteroatoms. The Bertz CT molecular complexity index is 1610. The van der Waals surface area contributed by atoms with Crippen LogP contribution < -0.4 is 29.2 Å². The van der Waals surface area contributed by atoms with Crippen LogP contribution in [0.2, 0.25) is 0 Å². The number of methoxy groups -OCH3 is 1. The molecule has 1 unspecified atom stereocenters. The minimum Gasteiger partial charge on any atom is -0.496 e. The molecule has 3 aromatic rings. The van der Waals surface area contributed by atoms with Gasteiger partial charge in [0.1, 0.15) is 40.6 Å². The molecule has 1 aliphatic heterocycles. The van der Waals surface area contributed by atoms with Crippen molar-refractivity contribution in [3.05, 3.63) is 65.5 Å². The van der Waals surface area contributed by atoms with E-state index in [0.717, 1.165) is 17.7 Å². The highest BCUT2D eigenvalue weighted by Crippen LogP contribution is 2.45. The minimum atomic E-state index is -3.96. The van der Waals surface area contributed by atoms with Crippen molar-refractivity contribution in [2.24, 2.45) is 0 Å². The van der Waals surface area contributed by atoms with Crippen molar-refractivity contribution < 1.29 is 31.3 Å². The first-order chi connectivity index (χ1) is 20.3. The number of nitrogens with one attached hydrogen (secondary N) is 2. The van der Waals surface area contributed by atoms with Gasteiger partial charge < -0.3 is 23.9 Å². The van der Waals surface area contributed by atoms with Gasteiger partial charge in [-0.15, -0.1) is 0 Å². The van der Waals surface area contributed by atoms with E-state index >= 15 is 0 Å². The van der Waals surface area contributed by atoms with Crippen molar-refractivity contribution in [1.82, 2.24) is 5.32 Å². The largest absolute Gasteiger partial charge is 0.496 e. The van der Waals surface area contributed by atoms with Crippen LogP contribution in [-0.2, 0) is 21.5 Å². The fraction of sp³-hybridized carbons (Fsp3) is 0.406. The first-order valence-electron chi connectivity index (χ1n) is 14.3. The van der Waals surface area contributed by atoms with Gasteiger partial charge in [0.25, 0.3) is 5.91 Å². The number of carbonyl (C=O) groups excluding carboxylic acids is 1. The SMILES string of the molecule is CCCNC(CC)S(=O)(=O)Oc1ccc(-c2ccc3c(c2COc2cc(F)ccc2C)N(C)C(=O)C(C)(C)N3)c(OC)c1. The van der Waals surface area contributed by atoms with E-state index in [4.69, 9.17) is 13.7 Å². The second-order valence-corrected chi connectivity index (χ2v) is 12.8. The molecule has 1 heterocycles. The molecule has 3 aromatic carbocycles. The molecule has 0 radical (unpaired) electrons. The minimum absolute atomic E-state index is 0.0135. The Balaban J connectivity index is 1.79. The fourth-order valence-electron chi connectivity index (χ4n) is 5.20. The van der Waals surface area contributed by atoms with Crippen molar-refractivity contribution >= 4 is 27.4 Å². The molecular weight excluding hydrogens is 573 g/mol. The summed E-state index contributed by atoms with van der Waals surface area (Å²) < 4.78 is 57.4. The summed E-state index contributed by atoms with van der Waals surface area (Å²) in [6.45, 7) is 9.75. The quantitative estimate of drug-likeness (QED) is 0.240. The maximum Gasteiger partial charge on any atom is 0.325 e. The van der Waals surface area contributed by atoms with Crippen molar-refractivity contribution in [2.75, 3.05) is 30.9 Å². The number of anilines is 2. The summed E-state index contributed by atoms with van der Waals surface area (Å²) >= 11 is 0. The van der Waals surface area contributed by atoms with Gasteiger partial charge in [-0.3, -0.25) is 10.1 Å². The number of nitrogens with zero attached hydrogens (tertiary/aromatic N) is 1. The number of amides is 1. The van der Waals surface area contributed by atoms with Crippen LogP contribution >= 0.6 is 0 Å². The predicted molar refractivity (Wildman–Crippen MR) is 167 cm³/mol. The Morgan fingerprint density at radius 1 is 1.05 bits per heavy atom. The summed E-state index contributed by atoms with van der Waals surface area (Å²) in [5.41, 5.74) is 3.27. The summed E-state index contributed by atoms with van der Waals surface area (Å²) in [7, 11) is -0.768. The van der Waals surface area contributed by atoms with E-state index < -0.39 is 26.8 Å². The monoisotopic (exact) mass is 613 g/mol. The zero-order valence-electron chi connectivity index (χ0n) is 25.7. The number of hydrogen-bond acceptors (Lipinski definition) is 8. The molecular formula is C32H40FN3O6S. The third-order valence-corrected chi connectivity index (χ3v) is 9.07. The van der Waals surface area contributed by atoms with Crippen LogP contribution in [0.25, 0.3) is 11.1 Å². The molecule has 0 bridgehead atoms. The van der Waals surface area contributed by atoms with E-state index in [0.29, 0.717) is 46.8 Å². The molecule has 4 rings (SSSR count). The van der Waals surface area contributed by atoms with Gasteiger partial charge in [0.05, 0.1) is 18.5 Å². The zero-order chi connectivity index (χ0) is 31.5. The van der Waals surface area contributed by atoms with E-state index in [1.165, 1.54) is 25.3 Å². The third kappa shape index (κ3) is 6.73. The molecule has 0 spiro atoms. The molecule has 9 nitrogen and oxygen atoms in total. The van der Waals surface area contributed by atoms with Crippen molar-refractivity contribution in [3.63, 3.8) is 0 Å². The average Bonchev–Trinajstić information content (AvgIpc) is 2.96. The molecule has 1 aliphatic rings. The van der Waals surface area contributed by atoms with Gasteiger partial charge in [-0.2, -0.15) is 8.42 Å². The van der Waals surface area contributed by atoms with E-state index in [-0.39, 0.29) is 18.3 Å². The maximum absolute atomic E-state index is 14.1. The van der Waals surface area contributed by atoms with Crippen LogP contribution in [0.15, 0.2) is 48.5 Å². The predicted octanol–water partition coefficient (Wildman–Crippen LogP) is 6.00. The first kappa shape index (κ1) is 32.1. The zero-order valence-corrected chi connectivity index (χ0v) is 26.5. The molecule has 232 valence electrons. The number of carbonyl (C=O) groups is 1.